The van der Waals surface area contributed by atoms with Gasteiger partial charge in [-0.1, -0.05) is 29.5 Å². The lowest BCUT2D eigenvalue weighted by atomic mass is 9.95. The second kappa shape index (κ2) is 10.9. The van der Waals surface area contributed by atoms with Crippen LogP contribution in [0.1, 0.15) is 36.9 Å². The van der Waals surface area contributed by atoms with E-state index >= 15 is 0 Å². The summed E-state index contributed by atoms with van der Waals surface area (Å²) < 4.78 is 18.7. The molecule has 1 atom stereocenters. The summed E-state index contributed by atoms with van der Waals surface area (Å²) in [5.74, 6) is 0.427. The highest BCUT2D eigenvalue weighted by Gasteiger charge is 2.35. The van der Waals surface area contributed by atoms with Crippen LogP contribution in [0.15, 0.2) is 83.0 Å². The molecule has 1 aromatic carbocycles. The molecule has 1 N–H and O–H groups in total. The predicted octanol–water partition coefficient (Wildman–Crippen LogP) is 2.94. The molecule has 4 heterocycles. The Morgan fingerprint density at radius 1 is 1.23 bits per heavy atom. The number of hydrogen-bond acceptors (Lipinski definition) is 10. The monoisotopic (exact) mass is 564 g/mol. The van der Waals surface area contributed by atoms with Crippen LogP contribution in [-0.4, -0.2) is 34.2 Å². The van der Waals surface area contributed by atoms with E-state index in [1.807, 2.05) is 18.2 Å². The molecule has 0 spiro atoms. The van der Waals surface area contributed by atoms with E-state index in [9.17, 15) is 14.4 Å². The molecule has 1 aliphatic heterocycles. The predicted molar refractivity (Wildman–Crippen MR) is 146 cm³/mol. The molecule has 3 aromatic heterocycles. The maximum atomic E-state index is 13.8. The fourth-order valence-electron chi connectivity index (χ4n) is 4.27. The van der Waals surface area contributed by atoms with Crippen molar-refractivity contribution in [2.45, 2.75) is 37.1 Å². The van der Waals surface area contributed by atoms with Crippen molar-refractivity contribution in [3.8, 4) is 5.75 Å². The second-order valence-corrected chi connectivity index (χ2v) is 10.5. The van der Waals surface area contributed by atoms with Gasteiger partial charge in [0.15, 0.2) is 15.1 Å². The first kappa shape index (κ1) is 26.4. The maximum Gasteiger partial charge on any atom is 0.338 e. The van der Waals surface area contributed by atoms with E-state index in [2.05, 4.69) is 15.0 Å². The summed E-state index contributed by atoms with van der Waals surface area (Å²) in [4.78, 5) is 50.6. The maximum absolute atomic E-state index is 13.8. The number of carbonyl (C=O) groups is 1. The average molecular weight is 565 g/mol. The van der Waals surface area contributed by atoms with Crippen LogP contribution >= 0.6 is 23.1 Å². The number of benzene rings is 1. The molecule has 4 aromatic rings. The first-order chi connectivity index (χ1) is 18.8. The molecule has 12 heteroatoms. The van der Waals surface area contributed by atoms with Gasteiger partial charge in [0.2, 0.25) is 0 Å². The smallest absolute Gasteiger partial charge is 0.338 e. The largest absolute Gasteiger partial charge is 0.496 e. The van der Waals surface area contributed by atoms with E-state index in [0.29, 0.717) is 48.0 Å². The number of ether oxygens (including phenoxy) is 2. The van der Waals surface area contributed by atoms with E-state index in [1.165, 1.54) is 40.8 Å². The van der Waals surface area contributed by atoms with Gasteiger partial charge in [0, 0.05) is 23.4 Å². The normalized spacial score (nSPS) is 15.2. The molecule has 1 aliphatic rings. The number of aryl methyl sites for hydroxylation is 1. The van der Waals surface area contributed by atoms with Gasteiger partial charge in [-0.25, -0.2) is 14.8 Å². The SMILES string of the molecule is CCOC(=O)C1=C(C)N=c2s/c(=C/c3ccc(Sc4nc(C)cc(=O)[nH]4)o3)c(=O)n2[C@@H]1c1ccccc1OC. The van der Waals surface area contributed by atoms with Crippen LogP contribution in [0.3, 0.4) is 0 Å². The van der Waals surface area contributed by atoms with Crippen molar-refractivity contribution in [1.29, 1.82) is 0 Å². The number of hydrogen-bond donors (Lipinski definition) is 1. The van der Waals surface area contributed by atoms with Crippen molar-refractivity contribution in [3.05, 3.63) is 101 Å². The zero-order valence-electron chi connectivity index (χ0n) is 21.5. The molecule has 0 bridgehead atoms. The number of carbonyl (C=O) groups excluding carboxylic acids is 1. The molecule has 0 unspecified atom stereocenters. The molecular formula is C27H24N4O6S2. The van der Waals surface area contributed by atoms with Gasteiger partial charge in [-0.15, -0.1) is 0 Å². The number of nitrogens with one attached hydrogen (secondary N) is 1. The first-order valence-corrected chi connectivity index (χ1v) is 13.6. The van der Waals surface area contributed by atoms with E-state index in [-0.39, 0.29) is 23.3 Å². The van der Waals surface area contributed by atoms with Crippen LogP contribution in [-0.2, 0) is 9.53 Å². The summed E-state index contributed by atoms with van der Waals surface area (Å²) >= 11 is 2.36. The Labute approximate surface area is 230 Å². The van der Waals surface area contributed by atoms with Crippen molar-refractivity contribution in [3.63, 3.8) is 0 Å². The van der Waals surface area contributed by atoms with Gasteiger partial charge < -0.3 is 18.9 Å². The molecule has 0 aliphatic carbocycles. The van der Waals surface area contributed by atoms with E-state index < -0.39 is 12.0 Å². The molecule has 0 saturated carbocycles. The number of fused-ring (bicyclic) bond motifs is 1. The van der Waals surface area contributed by atoms with Gasteiger partial charge >= 0.3 is 5.97 Å². The molecule has 0 fully saturated rings. The zero-order chi connectivity index (χ0) is 27.7. The van der Waals surface area contributed by atoms with Crippen LogP contribution in [0.2, 0.25) is 0 Å². The molecule has 39 heavy (non-hydrogen) atoms. The Bertz CT molecular complexity index is 1850. The lowest BCUT2D eigenvalue weighted by Crippen LogP contribution is -2.40. The second-order valence-electron chi connectivity index (χ2n) is 8.50. The summed E-state index contributed by atoms with van der Waals surface area (Å²) in [6, 6.07) is 11.3. The van der Waals surface area contributed by atoms with E-state index in [4.69, 9.17) is 13.9 Å². The molecule has 0 amide bonds. The van der Waals surface area contributed by atoms with Crippen molar-refractivity contribution >= 4 is 35.1 Å². The molecule has 0 saturated heterocycles. The third-order valence-electron chi connectivity index (χ3n) is 5.87. The van der Waals surface area contributed by atoms with Gasteiger partial charge in [-0.3, -0.25) is 14.2 Å². The number of furan rings is 1. The number of thiazole rings is 1. The van der Waals surface area contributed by atoms with Crippen LogP contribution in [0.4, 0.5) is 0 Å². The number of aromatic amines is 1. The molecule has 10 nitrogen and oxygen atoms in total. The van der Waals surface area contributed by atoms with Gasteiger partial charge in [0.25, 0.3) is 11.1 Å². The topological polar surface area (TPSA) is 129 Å². The van der Waals surface area contributed by atoms with Crippen LogP contribution in [0.5, 0.6) is 5.75 Å². The van der Waals surface area contributed by atoms with Crippen molar-refractivity contribution < 1.29 is 18.7 Å². The number of rotatable bonds is 7. The highest BCUT2D eigenvalue weighted by Crippen LogP contribution is 2.35. The number of H-pyrrole nitrogens is 1. The Kier molecular flexibility index (Phi) is 7.40. The zero-order valence-corrected chi connectivity index (χ0v) is 23.1. The number of esters is 1. The Balaban J connectivity index is 1.60. The fourth-order valence-corrected chi connectivity index (χ4v) is 6.10. The molecule has 0 radical (unpaired) electrons. The van der Waals surface area contributed by atoms with Crippen LogP contribution in [0, 0.1) is 6.92 Å². The van der Waals surface area contributed by atoms with E-state index in [1.54, 1.807) is 45.0 Å². The summed E-state index contributed by atoms with van der Waals surface area (Å²) in [6.07, 6.45) is 1.63. The highest BCUT2D eigenvalue weighted by molar-refractivity contribution is 7.99. The highest BCUT2D eigenvalue weighted by atomic mass is 32.2. The van der Waals surface area contributed by atoms with Crippen LogP contribution in [0.25, 0.3) is 6.08 Å². The lowest BCUT2D eigenvalue weighted by Gasteiger charge is -2.25. The number of allylic oxidation sites excluding steroid dienone is 1. The number of nitrogens with zero attached hydrogens (tertiary/aromatic N) is 3. The van der Waals surface area contributed by atoms with Crippen LogP contribution < -0.4 is 25.2 Å². The standard InChI is InChI=1S/C27H24N4O6S2/c1-5-36-25(34)22-15(3)29-27-31(23(22)17-8-6-7-9-18(17)35-4)24(33)19(38-27)13-16-10-11-21(37-16)39-26-28-14(2)12-20(32)30-26/h6-13,23H,5H2,1-4H3,(H,28,30,32)/b19-13+/t23-/m1/s1. The Morgan fingerprint density at radius 2 is 2.03 bits per heavy atom. The average Bonchev–Trinajstić information content (AvgIpc) is 3.46. The van der Waals surface area contributed by atoms with Gasteiger partial charge in [-0.05, 0) is 50.7 Å². The molecular weight excluding hydrogens is 540 g/mol. The summed E-state index contributed by atoms with van der Waals surface area (Å²) in [6.45, 7) is 5.37. The van der Waals surface area contributed by atoms with Gasteiger partial charge in [-0.2, -0.15) is 0 Å². The van der Waals surface area contributed by atoms with Crippen molar-refractivity contribution in [2.75, 3.05) is 13.7 Å². The summed E-state index contributed by atoms with van der Waals surface area (Å²) in [7, 11) is 1.54. The quantitative estimate of drug-likeness (QED) is 0.268. The Morgan fingerprint density at radius 3 is 2.77 bits per heavy atom. The first-order valence-electron chi connectivity index (χ1n) is 12.0. The number of para-hydroxylation sites is 1. The minimum absolute atomic E-state index is 0.184. The third kappa shape index (κ3) is 5.25. The molecule has 200 valence electrons. The van der Waals surface area contributed by atoms with Crippen molar-refractivity contribution in [1.82, 2.24) is 14.5 Å². The third-order valence-corrected chi connectivity index (χ3v) is 7.66. The Hall–Kier alpha value is -4.16. The fraction of sp³-hybridized carbons (Fsp3) is 0.222. The van der Waals surface area contributed by atoms with E-state index in [0.717, 1.165) is 0 Å². The van der Waals surface area contributed by atoms with Crippen molar-refractivity contribution in [2.24, 2.45) is 4.99 Å². The minimum Gasteiger partial charge on any atom is -0.496 e. The lowest BCUT2D eigenvalue weighted by molar-refractivity contribution is -0.139. The summed E-state index contributed by atoms with van der Waals surface area (Å²) in [5.41, 5.74) is 1.39. The molecule has 5 rings (SSSR count). The van der Waals surface area contributed by atoms with Gasteiger partial charge in [0.1, 0.15) is 17.6 Å². The summed E-state index contributed by atoms with van der Waals surface area (Å²) in [5, 5.41) is 0.897. The van der Waals surface area contributed by atoms with Gasteiger partial charge in [0.05, 0.1) is 29.5 Å². The minimum atomic E-state index is -0.787. The number of aromatic nitrogens is 3. The number of methoxy groups -OCH3 is 1.